The molecular formula is C18H19FO4. The van der Waals surface area contributed by atoms with Gasteiger partial charge in [-0.05, 0) is 42.7 Å². The molecule has 2 aromatic rings. The second-order valence-electron chi connectivity index (χ2n) is 5.08. The molecule has 5 heteroatoms. The minimum Gasteiger partial charge on any atom is -0.486 e. The average molecular weight is 318 g/mol. The fraction of sp³-hybridized carbons (Fsp3) is 0.278. The van der Waals surface area contributed by atoms with Crippen LogP contribution in [0.1, 0.15) is 29.7 Å². The van der Waals surface area contributed by atoms with E-state index in [0.29, 0.717) is 5.56 Å². The molecule has 0 aliphatic carbocycles. The molecule has 0 aromatic heterocycles. The van der Waals surface area contributed by atoms with E-state index in [1.165, 1.54) is 6.07 Å². The molecule has 4 nitrogen and oxygen atoms in total. The van der Waals surface area contributed by atoms with Crippen molar-refractivity contribution in [3.05, 3.63) is 65.0 Å². The maximum atomic E-state index is 14.2. The Morgan fingerprint density at radius 1 is 1.26 bits per heavy atom. The Bertz CT molecular complexity index is 647. The lowest BCUT2D eigenvalue weighted by molar-refractivity contribution is -0.153. The standard InChI is InChI=1S/C18H19FO4/c1-3-22-18(21)16(20)14-9-12(2)17(15(19)10-14)23-11-13-7-5-4-6-8-13/h4-10,16,20H,3,11H2,1-2H3. The van der Waals surface area contributed by atoms with E-state index in [4.69, 9.17) is 9.47 Å². The number of aliphatic hydroxyl groups excluding tert-OH is 1. The number of hydrogen-bond acceptors (Lipinski definition) is 4. The number of hydrogen-bond donors (Lipinski definition) is 1. The highest BCUT2D eigenvalue weighted by molar-refractivity contribution is 5.76. The Hall–Kier alpha value is -2.40. The molecule has 0 aliphatic rings. The highest BCUT2D eigenvalue weighted by Gasteiger charge is 2.21. The van der Waals surface area contributed by atoms with Gasteiger partial charge in [-0.15, -0.1) is 0 Å². The van der Waals surface area contributed by atoms with Crippen molar-refractivity contribution in [1.82, 2.24) is 0 Å². The Kier molecular flexibility index (Phi) is 5.71. The fourth-order valence-corrected chi connectivity index (χ4v) is 2.19. The van der Waals surface area contributed by atoms with Gasteiger partial charge in [0, 0.05) is 0 Å². The number of esters is 1. The first-order valence-electron chi connectivity index (χ1n) is 7.34. The van der Waals surface area contributed by atoms with E-state index in [2.05, 4.69) is 0 Å². The minimum absolute atomic E-state index is 0.105. The third-order valence-corrected chi connectivity index (χ3v) is 3.30. The summed E-state index contributed by atoms with van der Waals surface area (Å²) in [7, 11) is 0. The number of aryl methyl sites for hydroxylation is 1. The lowest BCUT2D eigenvalue weighted by Gasteiger charge is -2.15. The van der Waals surface area contributed by atoms with E-state index in [9.17, 15) is 14.3 Å². The van der Waals surface area contributed by atoms with Crippen molar-refractivity contribution in [1.29, 1.82) is 0 Å². The zero-order valence-electron chi connectivity index (χ0n) is 13.1. The Balaban J connectivity index is 2.15. The zero-order valence-corrected chi connectivity index (χ0v) is 13.1. The van der Waals surface area contributed by atoms with E-state index in [1.807, 2.05) is 30.3 Å². The molecule has 1 N–H and O–H groups in total. The van der Waals surface area contributed by atoms with Gasteiger partial charge < -0.3 is 14.6 Å². The first-order valence-corrected chi connectivity index (χ1v) is 7.34. The van der Waals surface area contributed by atoms with E-state index in [-0.39, 0.29) is 24.5 Å². The van der Waals surface area contributed by atoms with Crippen molar-refractivity contribution in [3.63, 3.8) is 0 Å². The van der Waals surface area contributed by atoms with Gasteiger partial charge in [0.25, 0.3) is 0 Å². The summed E-state index contributed by atoms with van der Waals surface area (Å²) in [5, 5.41) is 9.89. The van der Waals surface area contributed by atoms with E-state index in [0.717, 1.165) is 11.6 Å². The van der Waals surface area contributed by atoms with Crippen molar-refractivity contribution < 1.29 is 23.8 Å². The SMILES string of the molecule is CCOC(=O)C(O)c1cc(C)c(OCc2ccccc2)c(F)c1. The fourth-order valence-electron chi connectivity index (χ4n) is 2.19. The summed E-state index contributed by atoms with van der Waals surface area (Å²) in [6.07, 6.45) is -1.51. The van der Waals surface area contributed by atoms with Crippen molar-refractivity contribution >= 4 is 5.97 Å². The summed E-state index contributed by atoms with van der Waals surface area (Å²) in [5.41, 5.74) is 1.56. The number of benzene rings is 2. The predicted molar refractivity (Wildman–Crippen MR) is 83.5 cm³/mol. The molecule has 0 saturated carbocycles. The van der Waals surface area contributed by atoms with Gasteiger partial charge in [-0.25, -0.2) is 9.18 Å². The highest BCUT2D eigenvalue weighted by Crippen LogP contribution is 2.28. The molecule has 0 amide bonds. The summed E-state index contributed by atoms with van der Waals surface area (Å²) in [5.74, 6) is -1.32. The van der Waals surface area contributed by atoms with Crippen LogP contribution in [0.3, 0.4) is 0 Å². The van der Waals surface area contributed by atoms with Crippen LogP contribution < -0.4 is 4.74 Å². The van der Waals surface area contributed by atoms with Crippen LogP contribution in [-0.4, -0.2) is 17.7 Å². The molecule has 2 rings (SSSR count). The van der Waals surface area contributed by atoms with E-state index >= 15 is 0 Å². The van der Waals surface area contributed by atoms with Crippen molar-refractivity contribution in [3.8, 4) is 5.75 Å². The summed E-state index contributed by atoms with van der Waals surface area (Å²) in [6, 6.07) is 12.0. The normalized spacial score (nSPS) is 11.8. The molecule has 0 spiro atoms. The van der Waals surface area contributed by atoms with Gasteiger partial charge in [-0.2, -0.15) is 0 Å². The molecule has 1 atom stereocenters. The molecule has 0 heterocycles. The van der Waals surface area contributed by atoms with Crippen molar-refractivity contribution in [2.75, 3.05) is 6.61 Å². The van der Waals surface area contributed by atoms with Crippen molar-refractivity contribution in [2.24, 2.45) is 0 Å². The number of aliphatic hydroxyl groups is 1. The lowest BCUT2D eigenvalue weighted by Crippen LogP contribution is -2.16. The largest absolute Gasteiger partial charge is 0.486 e. The summed E-state index contributed by atoms with van der Waals surface area (Å²) in [4.78, 5) is 11.5. The molecule has 23 heavy (non-hydrogen) atoms. The van der Waals surface area contributed by atoms with E-state index in [1.54, 1.807) is 13.8 Å². The van der Waals surface area contributed by atoms with Crippen LogP contribution in [0.5, 0.6) is 5.75 Å². The monoisotopic (exact) mass is 318 g/mol. The molecule has 0 saturated heterocycles. The smallest absolute Gasteiger partial charge is 0.339 e. The van der Waals surface area contributed by atoms with Crippen LogP contribution in [0, 0.1) is 12.7 Å². The second-order valence-corrected chi connectivity index (χ2v) is 5.08. The van der Waals surface area contributed by atoms with Crippen molar-refractivity contribution in [2.45, 2.75) is 26.6 Å². The molecule has 122 valence electrons. The van der Waals surface area contributed by atoms with Crippen LogP contribution in [0.15, 0.2) is 42.5 Å². The van der Waals surface area contributed by atoms with Crippen LogP contribution in [-0.2, 0) is 16.1 Å². The Morgan fingerprint density at radius 2 is 1.96 bits per heavy atom. The van der Waals surface area contributed by atoms with Crippen LogP contribution in [0.4, 0.5) is 4.39 Å². The molecule has 0 bridgehead atoms. The van der Waals surface area contributed by atoms with Crippen LogP contribution in [0.2, 0.25) is 0 Å². The first kappa shape index (κ1) is 17.0. The summed E-state index contributed by atoms with van der Waals surface area (Å²) in [6.45, 7) is 3.68. The van der Waals surface area contributed by atoms with Gasteiger partial charge in [0.05, 0.1) is 6.61 Å². The van der Waals surface area contributed by atoms with Gasteiger partial charge in [-0.3, -0.25) is 0 Å². The first-order chi connectivity index (χ1) is 11.0. The van der Waals surface area contributed by atoms with Gasteiger partial charge in [-0.1, -0.05) is 30.3 Å². The second kappa shape index (κ2) is 7.74. The molecular weight excluding hydrogens is 299 g/mol. The topological polar surface area (TPSA) is 55.8 Å². The number of carbonyl (C=O) groups excluding carboxylic acids is 1. The maximum Gasteiger partial charge on any atom is 0.339 e. The zero-order chi connectivity index (χ0) is 16.8. The molecule has 0 fully saturated rings. The van der Waals surface area contributed by atoms with Crippen LogP contribution >= 0.6 is 0 Å². The maximum absolute atomic E-state index is 14.2. The molecule has 1 unspecified atom stereocenters. The minimum atomic E-state index is -1.51. The van der Waals surface area contributed by atoms with Gasteiger partial charge in [0.2, 0.25) is 0 Å². The average Bonchev–Trinajstić information content (AvgIpc) is 2.54. The lowest BCUT2D eigenvalue weighted by atomic mass is 10.1. The third kappa shape index (κ3) is 4.29. The molecule has 0 aliphatic heterocycles. The number of ether oxygens (including phenoxy) is 2. The Labute approximate surface area is 134 Å². The van der Waals surface area contributed by atoms with Gasteiger partial charge in [0.1, 0.15) is 6.61 Å². The summed E-state index contributed by atoms with van der Waals surface area (Å²) < 4.78 is 24.5. The van der Waals surface area contributed by atoms with Gasteiger partial charge >= 0.3 is 5.97 Å². The summed E-state index contributed by atoms with van der Waals surface area (Å²) >= 11 is 0. The van der Waals surface area contributed by atoms with Gasteiger partial charge in [0.15, 0.2) is 17.7 Å². The number of halogens is 1. The number of rotatable bonds is 6. The Morgan fingerprint density at radius 3 is 2.57 bits per heavy atom. The molecule has 0 radical (unpaired) electrons. The van der Waals surface area contributed by atoms with Crippen LogP contribution in [0.25, 0.3) is 0 Å². The molecule has 2 aromatic carbocycles. The predicted octanol–water partition coefficient (Wildman–Crippen LogP) is 3.31. The number of carbonyl (C=O) groups is 1. The van der Waals surface area contributed by atoms with E-state index < -0.39 is 17.9 Å². The third-order valence-electron chi connectivity index (χ3n) is 3.30. The quantitative estimate of drug-likeness (QED) is 0.830. The highest BCUT2D eigenvalue weighted by atomic mass is 19.1.